The Morgan fingerprint density at radius 2 is 1.07 bits per heavy atom. The molecular formula is C24H38Cl2Si2Zr. The Kier molecular flexibility index (Phi) is 18.8. The first-order chi connectivity index (χ1) is 11.9. The van der Waals surface area contributed by atoms with Crippen LogP contribution in [0.15, 0.2) is 59.8 Å². The summed E-state index contributed by atoms with van der Waals surface area (Å²) in [6.07, 6.45) is 19.4. The fourth-order valence-corrected chi connectivity index (χ4v) is 6.56. The molecule has 5 heteroatoms. The molecule has 0 aliphatic heterocycles. The second-order valence-corrected chi connectivity index (χ2v) is 20.9. The van der Waals surface area contributed by atoms with Gasteiger partial charge in [-0.15, -0.1) is 12.8 Å². The largest absolute Gasteiger partial charge is 4.00 e. The molecule has 160 valence electrons. The van der Waals surface area contributed by atoms with Gasteiger partial charge in [-0.2, -0.15) is 12.2 Å². The summed E-state index contributed by atoms with van der Waals surface area (Å²) in [7, 11) is -1.91. The van der Waals surface area contributed by atoms with Crippen LogP contribution in [0.2, 0.25) is 51.4 Å². The van der Waals surface area contributed by atoms with E-state index in [1.165, 1.54) is 34.4 Å². The van der Waals surface area contributed by atoms with Crippen LogP contribution in [0.25, 0.3) is 0 Å². The van der Waals surface area contributed by atoms with Crippen LogP contribution in [0.5, 0.6) is 0 Å². The second-order valence-electron chi connectivity index (χ2n) is 9.95. The van der Waals surface area contributed by atoms with Gasteiger partial charge in [0.25, 0.3) is 0 Å². The molecule has 29 heavy (non-hydrogen) atoms. The summed E-state index contributed by atoms with van der Waals surface area (Å²) in [4.78, 5) is 0. The van der Waals surface area contributed by atoms with Crippen molar-refractivity contribution in [3.05, 3.63) is 71.9 Å². The minimum Gasteiger partial charge on any atom is -1.00 e. The van der Waals surface area contributed by atoms with Gasteiger partial charge in [0.1, 0.15) is 0 Å². The van der Waals surface area contributed by atoms with Crippen molar-refractivity contribution in [1.29, 1.82) is 0 Å². The van der Waals surface area contributed by atoms with Crippen molar-refractivity contribution in [2.75, 3.05) is 0 Å². The third kappa shape index (κ3) is 18.8. The standard InChI is InChI=1S/2C12H19Si.2ClH.Zr/c2*1-11(10-13(2,3)4)9-12-7-5-6-8-12;;;/h2*5,7H,1,6,9-10H2,2-4H3;2*1H;/q2*-1;;;+4/p-2. The Morgan fingerprint density at radius 3 is 1.28 bits per heavy atom. The smallest absolute Gasteiger partial charge is 1.00 e. The summed E-state index contributed by atoms with van der Waals surface area (Å²) in [6.45, 7) is 22.6. The van der Waals surface area contributed by atoms with E-state index in [0.29, 0.717) is 0 Å². The van der Waals surface area contributed by atoms with Gasteiger partial charge in [-0.25, -0.2) is 23.3 Å². The maximum absolute atomic E-state index is 4.14. The third-order valence-corrected chi connectivity index (χ3v) is 7.09. The molecule has 2 aliphatic carbocycles. The Balaban J connectivity index is -0.000000422. The molecule has 0 N–H and O–H groups in total. The molecule has 0 unspecified atom stereocenters. The average Bonchev–Trinajstić information content (AvgIpc) is 3.08. The summed E-state index contributed by atoms with van der Waals surface area (Å²) in [5, 5.41) is 0. The normalized spacial score (nSPS) is 14.4. The van der Waals surface area contributed by atoms with E-state index >= 15 is 0 Å². The molecule has 0 radical (unpaired) electrons. The molecule has 0 spiro atoms. The fraction of sp³-hybridized carbons (Fsp3) is 0.500. The van der Waals surface area contributed by atoms with Crippen molar-refractivity contribution in [3.8, 4) is 0 Å². The molecule has 2 rings (SSSR count). The average molecular weight is 545 g/mol. The van der Waals surface area contributed by atoms with Crippen LogP contribution < -0.4 is 24.8 Å². The molecule has 0 nitrogen and oxygen atoms in total. The van der Waals surface area contributed by atoms with Crippen LogP contribution in [0.4, 0.5) is 0 Å². The quantitative estimate of drug-likeness (QED) is 0.249. The molecule has 0 heterocycles. The Hall–Kier alpha value is 0.337. The third-order valence-electron chi connectivity index (χ3n) is 3.97. The molecule has 0 aromatic rings. The van der Waals surface area contributed by atoms with Crippen molar-refractivity contribution in [3.63, 3.8) is 0 Å². The van der Waals surface area contributed by atoms with Gasteiger partial charge in [0.2, 0.25) is 0 Å². The molecule has 0 aromatic heterocycles. The summed E-state index contributed by atoms with van der Waals surface area (Å²) < 4.78 is 0. The zero-order chi connectivity index (χ0) is 19.8. The minimum atomic E-state index is -0.957. The van der Waals surface area contributed by atoms with Gasteiger partial charge in [-0.05, 0) is 24.9 Å². The first-order valence-corrected chi connectivity index (χ1v) is 17.2. The number of rotatable bonds is 8. The van der Waals surface area contributed by atoms with E-state index in [2.05, 4.69) is 88.9 Å². The number of hydrogen-bond donors (Lipinski definition) is 0. The monoisotopic (exact) mass is 542 g/mol. The molecule has 0 atom stereocenters. The van der Waals surface area contributed by atoms with Crippen molar-refractivity contribution < 1.29 is 51.0 Å². The summed E-state index contributed by atoms with van der Waals surface area (Å²) in [5.41, 5.74) is 5.44. The van der Waals surface area contributed by atoms with Crippen molar-refractivity contribution >= 4 is 16.1 Å². The van der Waals surface area contributed by atoms with E-state index in [9.17, 15) is 0 Å². The zero-order valence-electron chi connectivity index (χ0n) is 19.2. The van der Waals surface area contributed by atoms with Gasteiger partial charge in [0.15, 0.2) is 0 Å². The maximum atomic E-state index is 4.14. The first kappa shape index (κ1) is 34.0. The molecule has 0 amide bonds. The summed E-state index contributed by atoms with van der Waals surface area (Å²) in [5.74, 6) is 0. The van der Waals surface area contributed by atoms with Crippen LogP contribution in [0.1, 0.15) is 25.7 Å². The van der Waals surface area contributed by atoms with Gasteiger partial charge in [0.05, 0.1) is 0 Å². The zero-order valence-corrected chi connectivity index (χ0v) is 25.2. The molecule has 0 saturated carbocycles. The molecule has 0 aromatic carbocycles. The van der Waals surface area contributed by atoms with E-state index in [1.54, 1.807) is 0 Å². The maximum Gasteiger partial charge on any atom is 4.00 e. The summed E-state index contributed by atoms with van der Waals surface area (Å²) >= 11 is 0. The van der Waals surface area contributed by atoms with E-state index < -0.39 is 16.1 Å². The molecular weight excluding hydrogens is 507 g/mol. The van der Waals surface area contributed by atoms with Gasteiger partial charge >= 0.3 is 26.2 Å². The number of allylic oxidation sites excluding steroid dienone is 10. The van der Waals surface area contributed by atoms with Gasteiger partial charge < -0.3 is 24.8 Å². The Bertz CT molecular complexity index is 574. The predicted molar refractivity (Wildman–Crippen MR) is 125 cm³/mol. The van der Waals surface area contributed by atoms with Crippen molar-refractivity contribution in [2.45, 2.75) is 77.1 Å². The van der Waals surface area contributed by atoms with Crippen molar-refractivity contribution in [2.24, 2.45) is 0 Å². The fourth-order valence-electron chi connectivity index (χ4n) is 3.31. The SMILES string of the molecule is C=C(CC1=[C-]CC=C1)C[Si](C)(C)C.C=C(CC1=[C-]CC=C1)C[Si](C)(C)C.[Cl-].[Cl-].[Zr+4]. The molecule has 0 fully saturated rings. The summed E-state index contributed by atoms with van der Waals surface area (Å²) in [6, 6.07) is 2.48. The number of hydrogen-bond acceptors (Lipinski definition) is 0. The molecule has 0 saturated heterocycles. The predicted octanol–water partition coefficient (Wildman–Crippen LogP) is 1.93. The van der Waals surface area contributed by atoms with E-state index in [0.717, 1.165) is 25.7 Å². The van der Waals surface area contributed by atoms with Gasteiger partial charge in [-0.3, -0.25) is 12.2 Å². The van der Waals surface area contributed by atoms with E-state index in [-0.39, 0.29) is 51.0 Å². The minimum absolute atomic E-state index is 0. The number of halogens is 2. The molecule has 0 bridgehead atoms. The van der Waals surface area contributed by atoms with E-state index in [4.69, 9.17) is 0 Å². The van der Waals surface area contributed by atoms with Crippen LogP contribution >= 0.6 is 0 Å². The van der Waals surface area contributed by atoms with Gasteiger partial charge in [-0.1, -0.05) is 63.6 Å². The first-order valence-electron chi connectivity index (χ1n) is 9.80. The van der Waals surface area contributed by atoms with Crippen LogP contribution in [-0.2, 0) is 26.2 Å². The second kappa shape index (κ2) is 16.0. The molecule has 2 aliphatic rings. The Morgan fingerprint density at radius 1 is 0.759 bits per heavy atom. The van der Waals surface area contributed by atoms with E-state index in [1.807, 2.05) is 0 Å². The Labute approximate surface area is 214 Å². The van der Waals surface area contributed by atoms with Crippen LogP contribution in [-0.4, -0.2) is 16.1 Å². The van der Waals surface area contributed by atoms with Crippen LogP contribution in [0, 0.1) is 12.2 Å². The van der Waals surface area contributed by atoms with Crippen LogP contribution in [0.3, 0.4) is 0 Å². The van der Waals surface area contributed by atoms with Crippen molar-refractivity contribution in [1.82, 2.24) is 0 Å². The topological polar surface area (TPSA) is 0 Å². The van der Waals surface area contributed by atoms with Gasteiger partial charge in [0, 0.05) is 16.1 Å².